The number of hydrogen-bond donors (Lipinski definition) is 0. The number of sulfonamides is 1. The van der Waals surface area contributed by atoms with Gasteiger partial charge < -0.3 is 4.74 Å². The number of hydrogen-bond acceptors (Lipinski definition) is 5. The third-order valence-corrected chi connectivity index (χ3v) is 5.27. The molecule has 6 nitrogen and oxygen atoms in total. The second-order valence-electron chi connectivity index (χ2n) is 5.18. The predicted octanol–water partition coefficient (Wildman–Crippen LogP) is 1.13. The summed E-state index contributed by atoms with van der Waals surface area (Å²) in [5, 5.41) is 0.592. The van der Waals surface area contributed by atoms with Gasteiger partial charge in [-0.2, -0.15) is 4.31 Å². The summed E-state index contributed by atoms with van der Waals surface area (Å²) in [6.45, 7) is 1.66. The van der Waals surface area contributed by atoms with Crippen molar-refractivity contribution in [1.82, 2.24) is 9.21 Å². The lowest BCUT2D eigenvalue weighted by molar-refractivity contribution is -0.147. The molecule has 0 saturated carbocycles. The molecule has 1 atom stereocenters. The Hall–Kier alpha value is -1.15. The van der Waals surface area contributed by atoms with Gasteiger partial charge in [0, 0.05) is 31.2 Å². The van der Waals surface area contributed by atoms with E-state index >= 15 is 0 Å². The molecule has 0 radical (unpaired) electrons. The minimum absolute atomic E-state index is 0.361. The zero-order valence-corrected chi connectivity index (χ0v) is 14.1. The zero-order chi connectivity index (χ0) is 16.3. The summed E-state index contributed by atoms with van der Waals surface area (Å²) < 4.78 is 29.4. The highest BCUT2D eigenvalue weighted by atomic mass is 35.5. The number of methoxy groups -OCH3 is 1. The molecule has 0 N–H and O–H groups in total. The quantitative estimate of drug-likeness (QED) is 0.765. The van der Waals surface area contributed by atoms with Crippen molar-refractivity contribution < 1.29 is 17.9 Å². The normalized spacial score (nSPS) is 18.9. The van der Waals surface area contributed by atoms with Gasteiger partial charge in [0.2, 0.25) is 10.0 Å². The Labute approximate surface area is 135 Å². The average Bonchev–Trinajstić information content (AvgIpc) is 2.49. The van der Waals surface area contributed by atoms with Crippen LogP contribution in [0, 0.1) is 0 Å². The maximum absolute atomic E-state index is 12.1. The van der Waals surface area contributed by atoms with Crippen molar-refractivity contribution >= 4 is 27.6 Å². The molecule has 0 amide bonds. The van der Waals surface area contributed by atoms with E-state index in [4.69, 9.17) is 16.3 Å². The van der Waals surface area contributed by atoms with Crippen LogP contribution >= 0.6 is 11.6 Å². The predicted molar refractivity (Wildman–Crippen MR) is 84.2 cm³/mol. The highest BCUT2D eigenvalue weighted by Gasteiger charge is 2.33. The minimum atomic E-state index is -3.20. The summed E-state index contributed by atoms with van der Waals surface area (Å²) in [5.41, 5.74) is 0.782. The lowest BCUT2D eigenvalue weighted by Gasteiger charge is -2.37. The molecule has 1 fully saturated rings. The fourth-order valence-electron chi connectivity index (χ4n) is 2.55. The number of halogens is 1. The van der Waals surface area contributed by atoms with Gasteiger partial charge >= 0.3 is 5.97 Å². The monoisotopic (exact) mass is 346 g/mol. The number of esters is 1. The van der Waals surface area contributed by atoms with E-state index in [1.807, 2.05) is 4.90 Å². The van der Waals surface area contributed by atoms with E-state index in [9.17, 15) is 13.2 Å². The lowest BCUT2D eigenvalue weighted by Crippen LogP contribution is -2.50. The topological polar surface area (TPSA) is 66.9 Å². The Morgan fingerprint density at radius 2 is 1.73 bits per heavy atom. The van der Waals surface area contributed by atoms with Crippen LogP contribution in [0.3, 0.4) is 0 Å². The fourth-order valence-corrected chi connectivity index (χ4v) is 3.50. The van der Waals surface area contributed by atoms with Gasteiger partial charge in [-0.15, -0.1) is 0 Å². The second kappa shape index (κ2) is 6.95. The molecule has 1 aliphatic heterocycles. The summed E-state index contributed by atoms with van der Waals surface area (Å²) in [6.07, 6.45) is 1.19. The maximum atomic E-state index is 12.1. The van der Waals surface area contributed by atoms with Crippen LogP contribution < -0.4 is 0 Å². The van der Waals surface area contributed by atoms with Crippen LogP contribution in [-0.4, -0.2) is 63.1 Å². The smallest absolute Gasteiger partial charge is 0.327 e. The van der Waals surface area contributed by atoms with Gasteiger partial charge in [-0.3, -0.25) is 4.90 Å². The molecule has 122 valence electrons. The first kappa shape index (κ1) is 17.2. The van der Waals surface area contributed by atoms with Gasteiger partial charge in [-0.05, 0) is 17.7 Å². The zero-order valence-electron chi connectivity index (χ0n) is 12.5. The second-order valence-corrected chi connectivity index (χ2v) is 7.59. The van der Waals surface area contributed by atoms with E-state index in [0.29, 0.717) is 31.2 Å². The molecule has 0 aromatic heterocycles. The Bertz CT molecular complexity index is 625. The summed E-state index contributed by atoms with van der Waals surface area (Å²) in [4.78, 5) is 14.1. The first-order valence-electron chi connectivity index (χ1n) is 6.85. The molecule has 1 aromatic carbocycles. The van der Waals surface area contributed by atoms with Gasteiger partial charge in [0.05, 0.1) is 13.4 Å². The molecular weight excluding hydrogens is 328 g/mol. The molecule has 22 heavy (non-hydrogen) atoms. The van der Waals surface area contributed by atoms with Crippen LogP contribution in [0.5, 0.6) is 0 Å². The molecule has 0 spiro atoms. The minimum Gasteiger partial charge on any atom is -0.468 e. The lowest BCUT2D eigenvalue weighted by atomic mass is 10.0. The molecule has 1 aromatic rings. The van der Waals surface area contributed by atoms with Gasteiger partial charge in [0.15, 0.2) is 0 Å². The van der Waals surface area contributed by atoms with E-state index in [-0.39, 0.29) is 5.97 Å². The number of piperazine rings is 1. The van der Waals surface area contributed by atoms with Gasteiger partial charge in [-0.1, -0.05) is 23.7 Å². The molecule has 8 heteroatoms. The molecule has 1 saturated heterocycles. The third-order valence-electron chi connectivity index (χ3n) is 3.72. The van der Waals surface area contributed by atoms with Crippen molar-refractivity contribution in [3.8, 4) is 0 Å². The van der Waals surface area contributed by atoms with Crippen LogP contribution in [0.25, 0.3) is 0 Å². The maximum Gasteiger partial charge on any atom is 0.327 e. The van der Waals surface area contributed by atoms with Crippen molar-refractivity contribution in [3.05, 3.63) is 34.9 Å². The van der Waals surface area contributed by atoms with Crippen LogP contribution in [0.1, 0.15) is 11.6 Å². The highest BCUT2D eigenvalue weighted by Crippen LogP contribution is 2.25. The van der Waals surface area contributed by atoms with Crippen LogP contribution in [-0.2, 0) is 19.6 Å². The number of nitrogens with zero attached hydrogens (tertiary/aromatic N) is 2. The van der Waals surface area contributed by atoms with E-state index in [1.54, 1.807) is 24.3 Å². The van der Waals surface area contributed by atoms with E-state index in [0.717, 1.165) is 5.56 Å². The number of carbonyl (C=O) groups is 1. The van der Waals surface area contributed by atoms with Crippen molar-refractivity contribution in [3.63, 3.8) is 0 Å². The van der Waals surface area contributed by atoms with Crippen molar-refractivity contribution in [2.45, 2.75) is 6.04 Å². The SMILES string of the molecule is COC(=O)C(c1ccc(Cl)cc1)N1CCN(S(C)(=O)=O)CC1. The van der Waals surface area contributed by atoms with Gasteiger partial charge in [-0.25, -0.2) is 13.2 Å². The first-order chi connectivity index (χ1) is 10.3. The molecule has 0 aliphatic carbocycles. The molecule has 2 rings (SSSR count). The van der Waals surface area contributed by atoms with Crippen molar-refractivity contribution in [1.29, 1.82) is 0 Å². The molecular formula is C14H19ClN2O4S. The summed E-state index contributed by atoms with van der Waals surface area (Å²) in [5.74, 6) is -0.366. The largest absolute Gasteiger partial charge is 0.468 e. The first-order valence-corrected chi connectivity index (χ1v) is 9.08. The Kier molecular flexibility index (Phi) is 5.44. The Balaban J connectivity index is 2.18. The van der Waals surface area contributed by atoms with E-state index in [2.05, 4.69) is 0 Å². The number of carbonyl (C=O) groups excluding carboxylic acids is 1. The van der Waals surface area contributed by atoms with E-state index < -0.39 is 16.1 Å². The molecule has 1 heterocycles. The molecule has 0 bridgehead atoms. The van der Waals surface area contributed by atoms with Crippen LogP contribution in [0.15, 0.2) is 24.3 Å². The van der Waals surface area contributed by atoms with Crippen molar-refractivity contribution in [2.75, 3.05) is 39.5 Å². The van der Waals surface area contributed by atoms with Gasteiger partial charge in [0.25, 0.3) is 0 Å². The Morgan fingerprint density at radius 3 is 2.18 bits per heavy atom. The number of ether oxygens (including phenoxy) is 1. The molecule has 1 unspecified atom stereocenters. The van der Waals surface area contributed by atoms with Gasteiger partial charge in [0.1, 0.15) is 6.04 Å². The van der Waals surface area contributed by atoms with Crippen molar-refractivity contribution in [2.24, 2.45) is 0 Å². The third kappa shape index (κ3) is 3.98. The Morgan fingerprint density at radius 1 is 1.18 bits per heavy atom. The standard InChI is InChI=1S/C14H19ClN2O4S/c1-21-14(18)13(11-3-5-12(15)6-4-11)16-7-9-17(10-8-16)22(2,19)20/h3-6,13H,7-10H2,1-2H3. The number of rotatable bonds is 4. The summed E-state index contributed by atoms with van der Waals surface area (Å²) >= 11 is 5.88. The molecule has 1 aliphatic rings. The average molecular weight is 347 g/mol. The van der Waals surface area contributed by atoms with E-state index in [1.165, 1.54) is 17.7 Å². The van der Waals surface area contributed by atoms with Crippen LogP contribution in [0.2, 0.25) is 5.02 Å². The summed E-state index contributed by atoms with van der Waals surface area (Å²) in [6, 6.07) is 6.46. The number of benzene rings is 1. The summed E-state index contributed by atoms with van der Waals surface area (Å²) in [7, 11) is -1.85. The highest BCUT2D eigenvalue weighted by molar-refractivity contribution is 7.88. The fraction of sp³-hybridized carbons (Fsp3) is 0.500. The van der Waals surface area contributed by atoms with Crippen LogP contribution in [0.4, 0.5) is 0 Å².